The number of rotatable bonds is 4. The van der Waals surface area contributed by atoms with Crippen molar-refractivity contribution in [2.24, 2.45) is 0 Å². The second kappa shape index (κ2) is 6.24. The molecule has 0 heterocycles. The highest BCUT2D eigenvalue weighted by atomic mass is 16.5. The Morgan fingerprint density at radius 2 is 1.55 bits per heavy atom. The van der Waals surface area contributed by atoms with Crippen molar-refractivity contribution in [1.29, 1.82) is 0 Å². The monoisotopic (exact) mass is 270 g/mol. The van der Waals surface area contributed by atoms with Crippen LogP contribution < -0.4 is 0 Å². The topological polar surface area (TPSA) is 46.5 Å². The lowest BCUT2D eigenvalue weighted by molar-refractivity contribution is 0.0334. The second-order valence-electron chi connectivity index (χ2n) is 4.75. The van der Waals surface area contributed by atoms with Gasteiger partial charge in [-0.3, -0.25) is 0 Å². The summed E-state index contributed by atoms with van der Waals surface area (Å²) in [7, 11) is 0. The van der Waals surface area contributed by atoms with Crippen molar-refractivity contribution in [3.63, 3.8) is 0 Å². The van der Waals surface area contributed by atoms with Crippen LogP contribution in [0.15, 0.2) is 48.5 Å². The third kappa shape index (κ3) is 3.38. The van der Waals surface area contributed by atoms with Gasteiger partial charge in [-0.1, -0.05) is 31.2 Å². The number of aromatic hydroxyl groups is 1. The van der Waals surface area contributed by atoms with Gasteiger partial charge >= 0.3 is 5.97 Å². The lowest BCUT2D eigenvalue weighted by Crippen LogP contribution is -2.13. The van der Waals surface area contributed by atoms with Crippen molar-refractivity contribution in [3.8, 4) is 16.9 Å². The van der Waals surface area contributed by atoms with Crippen LogP contribution in [0.25, 0.3) is 11.1 Å². The number of esters is 1. The molecule has 1 atom stereocenters. The molecule has 3 heteroatoms. The smallest absolute Gasteiger partial charge is 0.338 e. The normalized spacial score (nSPS) is 11.9. The number of hydrogen-bond donors (Lipinski definition) is 1. The summed E-state index contributed by atoms with van der Waals surface area (Å²) in [6.07, 6.45) is 0.733. The van der Waals surface area contributed by atoms with Gasteiger partial charge in [-0.2, -0.15) is 0 Å². The van der Waals surface area contributed by atoms with Gasteiger partial charge < -0.3 is 9.84 Å². The van der Waals surface area contributed by atoms with Gasteiger partial charge in [0, 0.05) is 0 Å². The molecular formula is C17H18O3. The van der Waals surface area contributed by atoms with Crippen LogP contribution in [0, 0.1) is 0 Å². The van der Waals surface area contributed by atoms with Crippen molar-refractivity contribution in [3.05, 3.63) is 54.1 Å². The highest BCUT2D eigenvalue weighted by molar-refractivity contribution is 5.90. The summed E-state index contributed by atoms with van der Waals surface area (Å²) in [4.78, 5) is 11.9. The number of ether oxygens (including phenoxy) is 1. The van der Waals surface area contributed by atoms with Crippen LogP contribution in [0.4, 0.5) is 0 Å². The molecule has 0 amide bonds. The molecular weight excluding hydrogens is 252 g/mol. The fourth-order valence-electron chi connectivity index (χ4n) is 1.79. The largest absolute Gasteiger partial charge is 0.508 e. The maximum atomic E-state index is 11.9. The lowest BCUT2D eigenvalue weighted by Gasteiger charge is -2.11. The van der Waals surface area contributed by atoms with Crippen molar-refractivity contribution in [1.82, 2.24) is 0 Å². The minimum atomic E-state index is -0.295. The molecule has 2 rings (SSSR count). The maximum absolute atomic E-state index is 11.9. The predicted octanol–water partition coefficient (Wildman–Crippen LogP) is 4.01. The molecule has 0 aliphatic carbocycles. The number of phenolic OH excluding ortho intramolecular Hbond substituents is 1. The molecule has 0 radical (unpaired) electrons. The third-order valence-corrected chi connectivity index (χ3v) is 3.20. The number of hydrogen-bond acceptors (Lipinski definition) is 3. The van der Waals surface area contributed by atoms with Gasteiger partial charge in [0.15, 0.2) is 0 Å². The van der Waals surface area contributed by atoms with Crippen LogP contribution in [0.3, 0.4) is 0 Å². The number of carbonyl (C=O) groups is 1. The van der Waals surface area contributed by atoms with E-state index in [-0.39, 0.29) is 17.8 Å². The minimum Gasteiger partial charge on any atom is -0.508 e. The zero-order valence-corrected chi connectivity index (χ0v) is 11.7. The number of benzene rings is 2. The first kappa shape index (κ1) is 14.1. The van der Waals surface area contributed by atoms with Crippen molar-refractivity contribution in [2.45, 2.75) is 26.4 Å². The molecule has 1 N–H and O–H groups in total. The average Bonchev–Trinajstić information content (AvgIpc) is 2.48. The predicted molar refractivity (Wildman–Crippen MR) is 78.7 cm³/mol. The van der Waals surface area contributed by atoms with Crippen molar-refractivity contribution in [2.75, 3.05) is 0 Å². The van der Waals surface area contributed by atoms with Crippen molar-refractivity contribution < 1.29 is 14.6 Å². The molecule has 1 unspecified atom stereocenters. The zero-order chi connectivity index (χ0) is 14.5. The van der Waals surface area contributed by atoms with E-state index < -0.39 is 0 Å². The molecule has 0 fully saturated rings. The Balaban J connectivity index is 2.14. The van der Waals surface area contributed by atoms with E-state index in [9.17, 15) is 9.90 Å². The molecule has 0 aliphatic heterocycles. The Morgan fingerprint density at radius 1 is 1.05 bits per heavy atom. The molecule has 0 saturated carbocycles. The Bertz CT molecular complexity index is 570. The molecule has 0 saturated heterocycles. The van der Waals surface area contributed by atoms with E-state index in [0.717, 1.165) is 17.5 Å². The van der Waals surface area contributed by atoms with E-state index in [0.29, 0.717) is 5.56 Å². The van der Waals surface area contributed by atoms with Gasteiger partial charge in [0.05, 0.1) is 11.7 Å². The van der Waals surface area contributed by atoms with Gasteiger partial charge in [-0.05, 0) is 48.7 Å². The summed E-state index contributed by atoms with van der Waals surface area (Å²) in [5.41, 5.74) is 2.53. The quantitative estimate of drug-likeness (QED) is 0.854. The van der Waals surface area contributed by atoms with Crippen LogP contribution >= 0.6 is 0 Å². The first-order valence-electron chi connectivity index (χ1n) is 6.70. The first-order valence-corrected chi connectivity index (χ1v) is 6.70. The molecule has 0 spiro atoms. The zero-order valence-electron chi connectivity index (χ0n) is 11.7. The Kier molecular flexibility index (Phi) is 4.41. The molecule has 0 aliphatic rings. The van der Waals surface area contributed by atoms with E-state index in [1.807, 2.05) is 38.1 Å². The Morgan fingerprint density at radius 3 is 2.05 bits per heavy atom. The van der Waals surface area contributed by atoms with Crippen LogP contribution in [0.5, 0.6) is 5.75 Å². The molecule has 2 aromatic carbocycles. The summed E-state index contributed by atoms with van der Waals surface area (Å²) >= 11 is 0. The third-order valence-electron chi connectivity index (χ3n) is 3.20. The standard InChI is InChI=1S/C17H18O3/c1-3-12(2)20-17(19)15-6-4-13(5-7-15)14-8-10-16(18)11-9-14/h4-12,18H,3H2,1-2H3. The van der Waals surface area contributed by atoms with E-state index in [4.69, 9.17) is 4.74 Å². The highest BCUT2D eigenvalue weighted by Crippen LogP contribution is 2.22. The highest BCUT2D eigenvalue weighted by Gasteiger charge is 2.10. The second-order valence-corrected chi connectivity index (χ2v) is 4.75. The molecule has 20 heavy (non-hydrogen) atoms. The minimum absolute atomic E-state index is 0.0701. The summed E-state index contributed by atoms with van der Waals surface area (Å²) in [5, 5.41) is 9.27. The molecule has 3 nitrogen and oxygen atoms in total. The van der Waals surface area contributed by atoms with Gasteiger partial charge in [-0.15, -0.1) is 0 Å². The summed E-state index contributed by atoms with van der Waals surface area (Å²) in [5.74, 6) is -0.0564. The summed E-state index contributed by atoms with van der Waals surface area (Å²) in [6, 6.07) is 14.2. The Hall–Kier alpha value is -2.29. The van der Waals surface area contributed by atoms with Crippen LogP contribution in [0.1, 0.15) is 30.6 Å². The SMILES string of the molecule is CCC(C)OC(=O)c1ccc(-c2ccc(O)cc2)cc1. The van der Waals surface area contributed by atoms with Gasteiger partial charge in [0.25, 0.3) is 0 Å². The lowest BCUT2D eigenvalue weighted by atomic mass is 10.0. The fourth-order valence-corrected chi connectivity index (χ4v) is 1.79. The summed E-state index contributed by atoms with van der Waals surface area (Å²) < 4.78 is 5.27. The fraction of sp³-hybridized carbons (Fsp3) is 0.235. The van der Waals surface area contributed by atoms with E-state index in [1.165, 1.54) is 0 Å². The molecule has 2 aromatic rings. The van der Waals surface area contributed by atoms with Crippen molar-refractivity contribution >= 4 is 5.97 Å². The summed E-state index contributed by atoms with van der Waals surface area (Å²) in [6.45, 7) is 3.86. The first-order chi connectivity index (χ1) is 9.60. The maximum Gasteiger partial charge on any atom is 0.338 e. The van der Waals surface area contributed by atoms with Crippen LogP contribution in [0.2, 0.25) is 0 Å². The average molecular weight is 270 g/mol. The van der Waals surface area contributed by atoms with Gasteiger partial charge in [0.2, 0.25) is 0 Å². The van der Waals surface area contributed by atoms with E-state index in [2.05, 4.69) is 0 Å². The van der Waals surface area contributed by atoms with Crippen LogP contribution in [-0.2, 0) is 4.74 Å². The number of phenols is 1. The van der Waals surface area contributed by atoms with E-state index >= 15 is 0 Å². The Labute approximate surface area is 118 Å². The molecule has 104 valence electrons. The van der Waals surface area contributed by atoms with Gasteiger partial charge in [-0.25, -0.2) is 4.79 Å². The van der Waals surface area contributed by atoms with E-state index in [1.54, 1.807) is 24.3 Å². The molecule has 0 aromatic heterocycles. The molecule has 0 bridgehead atoms. The van der Waals surface area contributed by atoms with Crippen LogP contribution in [-0.4, -0.2) is 17.2 Å². The number of carbonyl (C=O) groups excluding carboxylic acids is 1. The van der Waals surface area contributed by atoms with Gasteiger partial charge in [0.1, 0.15) is 5.75 Å².